The van der Waals surface area contributed by atoms with E-state index in [0.717, 1.165) is 63.3 Å². The van der Waals surface area contributed by atoms with Crippen LogP contribution in [0.1, 0.15) is 80.6 Å². The molecule has 0 N–H and O–H groups in total. The molecule has 12 aromatic carbocycles. The lowest BCUT2D eigenvalue weighted by Crippen LogP contribution is -2.32. The highest BCUT2D eigenvalue weighted by Gasteiger charge is 2.52. The van der Waals surface area contributed by atoms with Crippen molar-refractivity contribution in [1.82, 2.24) is 0 Å². The lowest BCUT2D eigenvalue weighted by Gasteiger charge is -2.37. The number of ether oxygens (including phenoxy) is 2. The molecule has 9 heteroatoms. The van der Waals surface area contributed by atoms with Gasteiger partial charge in [-0.25, -0.2) is 26.3 Å². The van der Waals surface area contributed by atoms with Crippen molar-refractivity contribution in [3.05, 3.63) is 364 Å². The Morgan fingerprint density at radius 2 is 0.689 bits per heavy atom. The van der Waals surface area contributed by atoms with Crippen LogP contribution in [-0.4, -0.2) is 0 Å². The molecule has 3 nitrogen and oxygen atoms in total. The van der Waals surface area contributed by atoms with Gasteiger partial charge in [-0.1, -0.05) is 185 Å². The van der Waals surface area contributed by atoms with Crippen LogP contribution in [0.25, 0.3) is 45.5 Å². The summed E-state index contributed by atoms with van der Waals surface area (Å²) in [6.45, 7) is 12.1. The number of hydrogen-bond acceptors (Lipinski definition) is 3. The molecule has 90 heavy (non-hydrogen) atoms. The monoisotopic (exact) mass is 1190 g/mol. The molecule has 0 heterocycles. The maximum Gasteiger partial charge on any atom is 0.166 e. The number of rotatable bonds is 13. The molecule has 0 amide bonds. The molecule has 3 aliphatic carbocycles. The van der Waals surface area contributed by atoms with Crippen molar-refractivity contribution in [2.24, 2.45) is 0 Å². The first-order valence-electron chi connectivity index (χ1n) is 29.6. The molecular weight excluding hydrogens is 1130 g/mol. The van der Waals surface area contributed by atoms with Crippen LogP contribution in [0.3, 0.4) is 0 Å². The van der Waals surface area contributed by atoms with E-state index in [-0.39, 0.29) is 0 Å². The summed E-state index contributed by atoms with van der Waals surface area (Å²) in [5.41, 5.74) is 7.78. The fourth-order valence-electron chi connectivity index (χ4n) is 14.6. The lowest BCUT2D eigenvalue weighted by molar-refractivity contribution is 0.463. The van der Waals surface area contributed by atoms with Gasteiger partial charge in [0.2, 0.25) is 0 Å². The van der Waals surface area contributed by atoms with Gasteiger partial charge in [-0.3, -0.25) is 0 Å². The molecule has 15 rings (SSSR count). The zero-order valence-corrected chi connectivity index (χ0v) is 48.8. The average Bonchev–Trinajstić information content (AvgIpc) is 1.52. The fraction of sp³-hybridized carbons (Fsp3) is 0.0617. The first kappa shape index (κ1) is 55.7. The molecule has 0 radical (unpaired) electrons. The predicted molar refractivity (Wildman–Crippen MR) is 346 cm³/mol. The van der Waals surface area contributed by atoms with E-state index in [9.17, 15) is 0 Å². The van der Waals surface area contributed by atoms with Gasteiger partial charge in [0.05, 0.1) is 16.5 Å². The van der Waals surface area contributed by atoms with Crippen LogP contribution in [0.2, 0.25) is 0 Å². The normalized spacial score (nSPS) is 16.0. The van der Waals surface area contributed by atoms with E-state index in [2.05, 4.69) is 50.1 Å². The minimum Gasteiger partial charge on any atom is -0.457 e. The quantitative estimate of drug-likeness (QED) is 0.0848. The van der Waals surface area contributed by atoms with E-state index >= 15 is 26.3 Å². The smallest absolute Gasteiger partial charge is 0.166 e. The first-order chi connectivity index (χ1) is 43.7. The molecule has 436 valence electrons. The number of fused-ring (bicyclic) bond motifs is 9. The molecule has 0 aliphatic heterocycles. The van der Waals surface area contributed by atoms with Gasteiger partial charge in [-0.15, -0.1) is 0 Å². The SMILES string of the molecule is C=Cc1ccc(Oc2ccc(C3(c4c(F)ccc(F)c4F)c4ccccc4-c4ccc(N(c5ccc6c(c5)C(c5ccc(Oc7ccc(C=C)cc7)cc5)(c5c(F)ccc(F)c5F)c5ccccc5-6)c5cccc6c5C(C)(C)c5ccccc5-6)cc43)cc2)cc1. The van der Waals surface area contributed by atoms with E-state index < -0.39 is 62.3 Å². The van der Waals surface area contributed by atoms with Crippen LogP contribution >= 0.6 is 0 Å². The second-order valence-electron chi connectivity index (χ2n) is 23.5. The third-order valence-corrected chi connectivity index (χ3v) is 18.5. The van der Waals surface area contributed by atoms with Crippen LogP contribution in [-0.2, 0) is 16.2 Å². The summed E-state index contributed by atoms with van der Waals surface area (Å²) in [6.07, 6.45) is 3.46. The molecule has 2 unspecified atom stereocenters. The van der Waals surface area contributed by atoms with Crippen molar-refractivity contribution in [1.29, 1.82) is 0 Å². The summed E-state index contributed by atoms with van der Waals surface area (Å²) in [5.74, 6) is -5.09. The van der Waals surface area contributed by atoms with Crippen molar-refractivity contribution < 1.29 is 35.8 Å². The molecule has 0 bridgehead atoms. The molecule has 12 aromatic rings. The third kappa shape index (κ3) is 8.29. The molecule has 0 aromatic heterocycles. The summed E-state index contributed by atoms with van der Waals surface area (Å²) >= 11 is 0. The molecule has 0 fully saturated rings. The van der Waals surface area contributed by atoms with Crippen LogP contribution in [0.5, 0.6) is 23.0 Å². The van der Waals surface area contributed by atoms with Gasteiger partial charge >= 0.3 is 0 Å². The Morgan fingerprint density at radius 1 is 0.333 bits per heavy atom. The number of anilines is 3. The Bertz CT molecular complexity index is 4660. The second-order valence-corrected chi connectivity index (χ2v) is 23.5. The Kier molecular flexibility index (Phi) is 13.1. The van der Waals surface area contributed by atoms with Crippen molar-refractivity contribution in [3.8, 4) is 56.4 Å². The van der Waals surface area contributed by atoms with Crippen molar-refractivity contribution >= 4 is 29.2 Å². The fourth-order valence-corrected chi connectivity index (χ4v) is 14.6. The van der Waals surface area contributed by atoms with Gasteiger partial charge < -0.3 is 14.4 Å². The van der Waals surface area contributed by atoms with E-state index in [1.54, 1.807) is 72.8 Å². The zero-order chi connectivity index (χ0) is 61.8. The zero-order valence-electron chi connectivity index (χ0n) is 48.8. The van der Waals surface area contributed by atoms with E-state index in [1.165, 1.54) is 0 Å². The number of benzene rings is 12. The highest BCUT2D eigenvalue weighted by atomic mass is 19.2. The topological polar surface area (TPSA) is 21.7 Å². The third-order valence-electron chi connectivity index (χ3n) is 18.5. The van der Waals surface area contributed by atoms with Gasteiger partial charge in [0.25, 0.3) is 0 Å². The van der Waals surface area contributed by atoms with E-state index in [1.807, 2.05) is 146 Å². The van der Waals surface area contributed by atoms with Crippen LogP contribution in [0.4, 0.5) is 43.4 Å². The summed E-state index contributed by atoms with van der Waals surface area (Å²) in [7, 11) is 0. The molecule has 0 saturated heterocycles. The molecule has 2 atom stereocenters. The lowest BCUT2D eigenvalue weighted by atomic mass is 9.67. The molecule has 3 aliphatic rings. The van der Waals surface area contributed by atoms with Crippen molar-refractivity contribution in [2.45, 2.75) is 30.1 Å². The Hall–Kier alpha value is -10.9. The first-order valence-corrected chi connectivity index (χ1v) is 29.6. The number of nitrogens with zero attached hydrogens (tertiary/aromatic N) is 1. The Morgan fingerprint density at radius 3 is 1.11 bits per heavy atom. The van der Waals surface area contributed by atoms with E-state index in [4.69, 9.17) is 9.47 Å². The average molecular weight is 1190 g/mol. The molecule has 0 spiro atoms. The predicted octanol–water partition coefficient (Wildman–Crippen LogP) is 21.9. The summed E-state index contributed by atoms with van der Waals surface area (Å²) in [5, 5.41) is 0. The number of halogens is 6. The maximum absolute atomic E-state index is 17.5. The van der Waals surface area contributed by atoms with E-state index in [0.29, 0.717) is 90.0 Å². The minimum absolute atomic E-state index is 0.425. The maximum atomic E-state index is 17.5. The highest BCUT2D eigenvalue weighted by molar-refractivity contribution is 5.95. The Labute approximate surface area is 517 Å². The van der Waals surface area contributed by atoms with Gasteiger partial charge in [0.1, 0.15) is 34.6 Å². The van der Waals surface area contributed by atoms with Crippen LogP contribution in [0.15, 0.2) is 262 Å². The van der Waals surface area contributed by atoms with Gasteiger partial charge in [0.15, 0.2) is 23.3 Å². The minimum atomic E-state index is -1.84. The largest absolute Gasteiger partial charge is 0.457 e. The highest BCUT2D eigenvalue weighted by Crippen LogP contribution is 2.62. The van der Waals surface area contributed by atoms with Gasteiger partial charge in [0, 0.05) is 27.9 Å². The summed E-state index contributed by atoms with van der Waals surface area (Å²) in [6, 6.07) is 73.1. The van der Waals surface area contributed by atoms with Crippen molar-refractivity contribution in [3.63, 3.8) is 0 Å². The van der Waals surface area contributed by atoms with Gasteiger partial charge in [-0.2, -0.15) is 0 Å². The molecule has 0 saturated carbocycles. The van der Waals surface area contributed by atoms with Gasteiger partial charge in [-0.05, 0) is 192 Å². The van der Waals surface area contributed by atoms with Crippen molar-refractivity contribution in [2.75, 3.05) is 4.90 Å². The Balaban J connectivity index is 0.996. The standard InChI is InChI=1S/C81H53F6NO2/c1-5-48-22-32-54(33-23-48)89-56-36-26-50(27-37-56)80(75-69(82)42-44-71(84)77(75)86)65-19-11-8-14-58(65)61-40-30-52(46-67(61)80)88(73-21-13-17-63-60-16-7-10-18-64(60)79(3,4)74(63)73)53-31-41-62-59-15-9-12-20-66(59)81(68(62)47-53,76-70(83)43-45-72(85)78(76)87)51-28-38-57(39-29-51)90-55-34-24-49(6-2)25-35-55/h5-47H,1-2H2,3-4H3. The second kappa shape index (κ2) is 21.2. The summed E-state index contributed by atoms with van der Waals surface area (Å²) in [4.78, 5) is 2.08. The summed E-state index contributed by atoms with van der Waals surface area (Å²) < 4.78 is 115. The van der Waals surface area contributed by atoms with Crippen LogP contribution < -0.4 is 14.4 Å². The molecular formula is C81H53F6NO2. The number of hydrogen-bond donors (Lipinski definition) is 0. The van der Waals surface area contributed by atoms with Crippen LogP contribution in [0, 0.1) is 34.9 Å².